The van der Waals surface area contributed by atoms with Crippen LogP contribution in [-0.2, 0) is 22.4 Å². The van der Waals surface area contributed by atoms with Gasteiger partial charge in [0.25, 0.3) is 0 Å². The lowest BCUT2D eigenvalue weighted by Crippen LogP contribution is -2.27. The lowest BCUT2D eigenvalue weighted by molar-refractivity contribution is -0.111. The Hall–Kier alpha value is -3.18. The lowest BCUT2D eigenvalue weighted by atomic mass is 9.88. The van der Waals surface area contributed by atoms with Crippen LogP contribution in [0.25, 0.3) is 6.08 Å². The summed E-state index contributed by atoms with van der Waals surface area (Å²) in [5.41, 5.74) is 2.36. The fraction of sp³-hybridized carbons (Fsp3) is 0.333. The van der Waals surface area contributed by atoms with Gasteiger partial charge in [0.1, 0.15) is 11.1 Å². The maximum atomic E-state index is 12.3. The van der Waals surface area contributed by atoms with E-state index >= 15 is 0 Å². The third kappa shape index (κ3) is 5.42. The maximum absolute atomic E-state index is 12.3. The number of amides is 2. The van der Waals surface area contributed by atoms with Crippen LogP contribution in [0.1, 0.15) is 34.9 Å². The van der Waals surface area contributed by atoms with Crippen LogP contribution in [0.3, 0.4) is 0 Å². The fourth-order valence-electron chi connectivity index (χ4n) is 3.19. The smallest absolute Gasteiger partial charge is 0.407 e. The van der Waals surface area contributed by atoms with Crippen LogP contribution in [-0.4, -0.2) is 30.1 Å². The van der Waals surface area contributed by atoms with Gasteiger partial charge in [-0.2, -0.15) is 5.26 Å². The van der Waals surface area contributed by atoms with E-state index in [0.717, 1.165) is 35.3 Å². The van der Waals surface area contributed by atoms with Crippen molar-refractivity contribution < 1.29 is 14.3 Å². The van der Waals surface area contributed by atoms with Crippen molar-refractivity contribution in [1.29, 1.82) is 5.26 Å². The maximum Gasteiger partial charge on any atom is 0.407 e. The SMILES string of the molecule is CCNC(=O)OCC1CCc2c(sc(NC(=O)C=Cc3cccnc3)c2C#N)C1. The summed E-state index contributed by atoms with van der Waals surface area (Å²) in [6, 6.07) is 5.88. The van der Waals surface area contributed by atoms with Gasteiger partial charge in [0, 0.05) is 29.9 Å². The largest absolute Gasteiger partial charge is 0.449 e. The molecule has 1 unspecified atom stereocenters. The van der Waals surface area contributed by atoms with Crippen molar-refractivity contribution in [2.24, 2.45) is 5.92 Å². The highest BCUT2D eigenvalue weighted by Crippen LogP contribution is 2.39. The van der Waals surface area contributed by atoms with E-state index in [-0.39, 0.29) is 11.8 Å². The molecule has 1 atom stereocenters. The molecular weight excluding hydrogens is 388 g/mol. The molecule has 0 fully saturated rings. The second-order valence-electron chi connectivity index (χ2n) is 6.67. The van der Waals surface area contributed by atoms with Gasteiger partial charge in [0.2, 0.25) is 5.91 Å². The molecular formula is C21H22N4O3S. The predicted octanol–water partition coefficient (Wildman–Crippen LogP) is 3.52. The molecule has 0 saturated carbocycles. The molecule has 2 heterocycles. The van der Waals surface area contributed by atoms with Crippen molar-refractivity contribution in [2.45, 2.75) is 26.2 Å². The van der Waals surface area contributed by atoms with E-state index in [1.165, 1.54) is 17.4 Å². The average molecular weight is 410 g/mol. The second-order valence-corrected chi connectivity index (χ2v) is 7.77. The number of alkyl carbamates (subject to hydrolysis) is 1. The van der Waals surface area contributed by atoms with Gasteiger partial charge in [-0.05, 0) is 55.4 Å². The summed E-state index contributed by atoms with van der Waals surface area (Å²) in [5, 5.41) is 15.6. The summed E-state index contributed by atoms with van der Waals surface area (Å²) in [4.78, 5) is 28.8. The quantitative estimate of drug-likeness (QED) is 0.709. The van der Waals surface area contributed by atoms with E-state index in [2.05, 4.69) is 21.7 Å². The molecule has 0 aliphatic heterocycles. The molecule has 8 heteroatoms. The van der Waals surface area contributed by atoms with E-state index in [1.54, 1.807) is 24.5 Å². The number of carbonyl (C=O) groups excluding carboxylic acids is 2. The Morgan fingerprint density at radius 1 is 1.48 bits per heavy atom. The Morgan fingerprint density at radius 3 is 3.07 bits per heavy atom. The topological polar surface area (TPSA) is 104 Å². The molecule has 3 rings (SSSR count). The number of aromatic nitrogens is 1. The summed E-state index contributed by atoms with van der Waals surface area (Å²) >= 11 is 1.43. The van der Waals surface area contributed by atoms with E-state index < -0.39 is 6.09 Å². The molecule has 0 spiro atoms. The molecule has 0 saturated heterocycles. The van der Waals surface area contributed by atoms with E-state index in [1.807, 2.05) is 13.0 Å². The van der Waals surface area contributed by atoms with Crippen LogP contribution in [0.15, 0.2) is 30.6 Å². The molecule has 2 amide bonds. The van der Waals surface area contributed by atoms with Crippen LogP contribution in [0.4, 0.5) is 9.80 Å². The first-order chi connectivity index (χ1) is 14.1. The molecule has 1 aliphatic rings. The minimum atomic E-state index is -0.407. The summed E-state index contributed by atoms with van der Waals surface area (Å²) in [7, 11) is 0. The number of nitrogens with one attached hydrogen (secondary N) is 2. The highest BCUT2D eigenvalue weighted by atomic mass is 32.1. The van der Waals surface area contributed by atoms with Gasteiger partial charge in [0.05, 0.1) is 12.2 Å². The van der Waals surface area contributed by atoms with Crippen LogP contribution in [0, 0.1) is 17.2 Å². The zero-order valence-electron chi connectivity index (χ0n) is 16.1. The summed E-state index contributed by atoms with van der Waals surface area (Å²) in [5.74, 6) is -0.0793. The molecule has 29 heavy (non-hydrogen) atoms. The van der Waals surface area contributed by atoms with Crippen molar-refractivity contribution in [2.75, 3.05) is 18.5 Å². The van der Waals surface area contributed by atoms with Crippen LogP contribution in [0.5, 0.6) is 0 Å². The normalized spacial score (nSPS) is 15.4. The van der Waals surface area contributed by atoms with Gasteiger partial charge in [-0.3, -0.25) is 9.78 Å². The zero-order valence-corrected chi connectivity index (χ0v) is 16.9. The minimum Gasteiger partial charge on any atom is -0.449 e. The molecule has 2 aromatic rings. The first kappa shape index (κ1) is 20.6. The fourth-order valence-corrected chi connectivity index (χ4v) is 4.51. The average Bonchev–Trinajstić information content (AvgIpc) is 3.07. The second kappa shape index (κ2) is 9.85. The lowest BCUT2D eigenvalue weighted by Gasteiger charge is -2.21. The molecule has 0 aromatic carbocycles. The Balaban J connectivity index is 1.65. The molecule has 7 nitrogen and oxygen atoms in total. The van der Waals surface area contributed by atoms with Gasteiger partial charge in [-0.1, -0.05) is 6.07 Å². The molecule has 0 bridgehead atoms. The van der Waals surface area contributed by atoms with Crippen molar-refractivity contribution in [1.82, 2.24) is 10.3 Å². The van der Waals surface area contributed by atoms with E-state index in [9.17, 15) is 14.9 Å². The number of ether oxygens (including phenoxy) is 1. The number of hydrogen-bond donors (Lipinski definition) is 2. The number of rotatable bonds is 6. The number of fused-ring (bicyclic) bond motifs is 1. The van der Waals surface area contributed by atoms with Gasteiger partial charge in [-0.15, -0.1) is 11.3 Å². The molecule has 2 N–H and O–H groups in total. The zero-order chi connectivity index (χ0) is 20.6. The predicted molar refractivity (Wildman–Crippen MR) is 111 cm³/mol. The number of hydrogen-bond acceptors (Lipinski definition) is 6. The molecule has 150 valence electrons. The van der Waals surface area contributed by atoms with Crippen molar-refractivity contribution >= 4 is 34.4 Å². The standard InChI is InChI=1S/C21H22N4O3S/c1-2-24-21(27)28-13-15-5-7-16-17(11-22)20(29-18(16)10-15)25-19(26)8-6-14-4-3-9-23-12-14/h3-4,6,8-9,12,15H,2,5,7,10,13H2,1H3,(H,24,27)(H,25,26). The van der Waals surface area contributed by atoms with E-state index in [0.29, 0.717) is 23.7 Å². The minimum absolute atomic E-state index is 0.212. The van der Waals surface area contributed by atoms with Gasteiger partial charge < -0.3 is 15.4 Å². The summed E-state index contributed by atoms with van der Waals surface area (Å²) < 4.78 is 5.24. The third-order valence-corrected chi connectivity index (χ3v) is 5.77. The first-order valence-corrected chi connectivity index (χ1v) is 10.3. The number of carbonyl (C=O) groups is 2. The Bertz CT molecular complexity index is 947. The Morgan fingerprint density at radius 2 is 2.34 bits per heavy atom. The van der Waals surface area contributed by atoms with E-state index in [4.69, 9.17) is 4.74 Å². The molecule has 2 aromatic heterocycles. The van der Waals surface area contributed by atoms with Crippen molar-refractivity contribution in [3.8, 4) is 6.07 Å². The molecule has 1 aliphatic carbocycles. The van der Waals surface area contributed by atoms with Crippen LogP contribution < -0.4 is 10.6 Å². The number of nitrogens with zero attached hydrogens (tertiary/aromatic N) is 2. The van der Waals surface area contributed by atoms with Gasteiger partial charge >= 0.3 is 6.09 Å². The van der Waals surface area contributed by atoms with Crippen molar-refractivity contribution in [3.63, 3.8) is 0 Å². The van der Waals surface area contributed by atoms with Crippen molar-refractivity contribution in [3.05, 3.63) is 52.2 Å². The number of nitriles is 1. The van der Waals surface area contributed by atoms with Crippen LogP contribution >= 0.6 is 11.3 Å². The van der Waals surface area contributed by atoms with Gasteiger partial charge in [-0.25, -0.2) is 4.79 Å². The number of thiophene rings is 1. The molecule has 0 radical (unpaired) electrons. The monoisotopic (exact) mass is 410 g/mol. The third-order valence-electron chi connectivity index (χ3n) is 4.60. The first-order valence-electron chi connectivity index (χ1n) is 9.45. The summed E-state index contributed by atoms with van der Waals surface area (Å²) in [6.45, 7) is 2.72. The number of anilines is 1. The number of pyridine rings is 1. The van der Waals surface area contributed by atoms with Crippen LogP contribution in [0.2, 0.25) is 0 Å². The summed E-state index contributed by atoms with van der Waals surface area (Å²) in [6.07, 6.45) is 8.34. The highest BCUT2D eigenvalue weighted by molar-refractivity contribution is 7.16. The highest BCUT2D eigenvalue weighted by Gasteiger charge is 2.27. The van der Waals surface area contributed by atoms with Gasteiger partial charge in [0.15, 0.2) is 0 Å². The Labute approximate surface area is 173 Å². The Kier molecular flexibility index (Phi) is 6.98.